The number of imidazole rings is 1. The van der Waals surface area contributed by atoms with Crippen LogP contribution in [-0.2, 0) is 14.8 Å². The van der Waals surface area contributed by atoms with Gasteiger partial charge < -0.3 is 9.88 Å². The highest BCUT2D eigenvalue weighted by Gasteiger charge is 2.32. The quantitative estimate of drug-likeness (QED) is 0.651. The van der Waals surface area contributed by atoms with Crippen molar-refractivity contribution in [1.82, 2.24) is 19.6 Å². The zero-order chi connectivity index (χ0) is 21.5. The lowest BCUT2D eigenvalue weighted by atomic mass is 10.2. The lowest BCUT2D eigenvalue weighted by Gasteiger charge is -2.23. The molecule has 0 saturated carbocycles. The van der Waals surface area contributed by atoms with Gasteiger partial charge in [-0.2, -0.15) is 0 Å². The summed E-state index contributed by atoms with van der Waals surface area (Å²) in [6, 6.07) is 9.18. The molecular weight excluding hydrogens is 407 g/mol. The van der Waals surface area contributed by atoms with Crippen molar-refractivity contribution in [2.45, 2.75) is 37.6 Å². The van der Waals surface area contributed by atoms with Crippen molar-refractivity contribution in [2.24, 2.45) is 0 Å². The van der Waals surface area contributed by atoms with Crippen molar-refractivity contribution in [3.05, 3.63) is 59.2 Å². The first-order valence-electron chi connectivity index (χ1n) is 9.76. The first-order chi connectivity index (χ1) is 14.2. The van der Waals surface area contributed by atoms with Crippen molar-refractivity contribution in [3.8, 4) is 0 Å². The standard InChI is InChI=1S/C21H23FN4O3S/c1-13-5-6-14(2)19(10-13)30(28,29)23-12-20(27)26-9-3-4-18(26)21-24-16-8-7-15(22)11-17(16)25-21/h5-8,10-11,18,23H,3-4,9,12H2,1-2H3,(H,24,25). The van der Waals surface area contributed by atoms with Crippen LogP contribution in [0.2, 0.25) is 0 Å². The summed E-state index contributed by atoms with van der Waals surface area (Å²) in [4.78, 5) is 22.2. The Morgan fingerprint density at radius 2 is 2.07 bits per heavy atom. The minimum Gasteiger partial charge on any atom is -0.340 e. The molecule has 0 bridgehead atoms. The molecule has 3 aromatic rings. The molecule has 0 aliphatic carbocycles. The summed E-state index contributed by atoms with van der Waals surface area (Å²) in [6.07, 6.45) is 1.49. The van der Waals surface area contributed by atoms with Crippen molar-refractivity contribution in [2.75, 3.05) is 13.1 Å². The second-order valence-corrected chi connectivity index (χ2v) is 9.36. The predicted molar refractivity (Wildman–Crippen MR) is 111 cm³/mol. The molecule has 30 heavy (non-hydrogen) atoms. The number of aromatic amines is 1. The number of aromatic nitrogens is 2. The molecule has 7 nitrogen and oxygen atoms in total. The Morgan fingerprint density at radius 3 is 2.87 bits per heavy atom. The van der Waals surface area contributed by atoms with E-state index in [1.54, 1.807) is 30.0 Å². The molecule has 1 fully saturated rings. The van der Waals surface area contributed by atoms with E-state index in [0.29, 0.717) is 35.4 Å². The van der Waals surface area contributed by atoms with Crippen LogP contribution in [0.1, 0.15) is 35.8 Å². The van der Waals surface area contributed by atoms with Gasteiger partial charge in [-0.15, -0.1) is 0 Å². The summed E-state index contributed by atoms with van der Waals surface area (Å²) in [5, 5.41) is 0. The summed E-state index contributed by atoms with van der Waals surface area (Å²) in [5.74, 6) is -0.102. The third-order valence-electron chi connectivity index (χ3n) is 5.40. The van der Waals surface area contributed by atoms with Crippen molar-refractivity contribution < 1.29 is 17.6 Å². The van der Waals surface area contributed by atoms with Crippen LogP contribution in [0, 0.1) is 19.7 Å². The van der Waals surface area contributed by atoms with Crippen LogP contribution in [0.5, 0.6) is 0 Å². The van der Waals surface area contributed by atoms with Crippen LogP contribution in [0.3, 0.4) is 0 Å². The fourth-order valence-electron chi connectivity index (χ4n) is 3.84. The van der Waals surface area contributed by atoms with E-state index in [2.05, 4.69) is 14.7 Å². The molecule has 1 atom stereocenters. The third-order valence-corrected chi connectivity index (χ3v) is 6.94. The number of amides is 1. The second-order valence-electron chi connectivity index (χ2n) is 7.62. The molecular formula is C21H23FN4O3S. The van der Waals surface area contributed by atoms with Gasteiger partial charge in [0.25, 0.3) is 0 Å². The van der Waals surface area contributed by atoms with Crippen LogP contribution in [0.4, 0.5) is 4.39 Å². The number of hydrogen-bond acceptors (Lipinski definition) is 4. The zero-order valence-corrected chi connectivity index (χ0v) is 17.6. The van der Waals surface area contributed by atoms with E-state index in [4.69, 9.17) is 0 Å². The highest BCUT2D eigenvalue weighted by molar-refractivity contribution is 7.89. The fourth-order valence-corrected chi connectivity index (χ4v) is 5.14. The lowest BCUT2D eigenvalue weighted by Crippen LogP contribution is -2.40. The number of aryl methyl sites for hydroxylation is 2. The van der Waals surface area contributed by atoms with E-state index in [1.165, 1.54) is 12.1 Å². The number of nitrogens with one attached hydrogen (secondary N) is 2. The number of nitrogens with zero attached hydrogens (tertiary/aromatic N) is 2. The largest absolute Gasteiger partial charge is 0.340 e. The average molecular weight is 431 g/mol. The number of halogens is 1. The molecule has 1 saturated heterocycles. The molecule has 0 spiro atoms. The summed E-state index contributed by atoms with van der Waals surface area (Å²) >= 11 is 0. The number of benzene rings is 2. The lowest BCUT2D eigenvalue weighted by molar-refractivity contribution is -0.131. The molecule has 1 aliphatic heterocycles. The van der Waals surface area contributed by atoms with Crippen LogP contribution >= 0.6 is 0 Å². The number of fused-ring (bicyclic) bond motifs is 1. The van der Waals surface area contributed by atoms with Gasteiger partial charge in [0.15, 0.2) is 0 Å². The van der Waals surface area contributed by atoms with Crippen molar-refractivity contribution >= 4 is 27.0 Å². The highest BCUT2D eigenvalue weighted by atomic mass is 32.2. The van der Waals surface area contributed by atoms with Gasteiger partial charge in [0, 0.05) is 6.54 Å². The predicted octanol–water partition coefficient (Wildman–Crippen LogP) is 2.96. The molecule has 2 N–H and O–H groups in total. The molecule has 1 amide bonds. The number of H-pyrrole nitrogens is 1. The minimum atomic E-state index is -3.81. The highest BCUT2D eigenvalue weighted by Crippen LogP contribution is 2.31. The van der Waals surface area contributed by atoms with Gasteiger partial charge >= 0.3 is 0 Å². The maximum Gasteiger partial charge on any atom is 0.241 e. The molecule has 4 rings (SSSR count). The molecule has 2 aromatic carbocycles. The Balaban J connectivity index is 1.50. The smallest absolute Gasteiger partial charge is 0.241 e. The molecule has 0 radical (unpaired) electrons. The van der Waals surface area contributed by atoms with Crippen molar-refractivity contribution in [1.29, 1.82) is 0 Å². The maximum atomic E-state index is 13.5. The summed E-state index contributed by atoms with van der Waals surface area (Å²) in [5.41, 5.74) is 2.64. The number of rotatable bonds is 5. The van der Waals surface area contributed by atoms with Crippen LogP contribution in [0.25, 0.3) is 11.0 Å². The molecule has 9 heteroatoms. The Bertz CT molecular complexity index is 1220. The third kappa shape index (κ3) is 3.95. The second kappa shape index (κ2) is 7.81. The van der Waals surface area contributed by atoms with E-state index in [-0.39, 0.29) is 29.2 Å². The number of hydrogen-bond donors (Lipinski definition) is 2. The Hall–Kier alpha value is -2.78. The normalized spacial score (nSPS) is 17.0. The Morgan fingerprint density at radius 1 is 1.27 bits per heavy atom. The van der Waals surface area contributed by atoms with Gasteiger partial charge in [0.1, 0.15) is 11.6 Å². The number of likely N-dealkylation sites (tertiary alicyclic amines) is 1. The minimum absolute atomic E-state index is 0.174. The Kier molecular flexibility index (Phi) is 5.33. The average Bonchev–Trinajstić information content (AvgIpc) is 3.34. The summed E-state index contributed by atoms with van der Waals surface area (Å²) in [6.45, 7) is 3.72. The van der Waals surface area contributed by atoms with E-state index >= 15 is 0 Å². The molecule has 2 heterocycles. The summed E-state index contributed by atoms with van der Waals surface area (Å²) in [7, 11) is -3.81. The van der Waals surface area contributed by atoms with Crippen LogP contribution in [0.15, 0.2) is 41.3 Å². The molecule has 1 aliphatic rings. The first-order valence-corrected chi connectivity index (χ1v) is 11.2. The Labute approximate surface area is 174 Å². The number of carbonyl (C=O) groups is 1. The number of sulfonamides is 1. The fraction of sp³-hybridized carbons (Fsp3) is 0.333. The molecule has 1 aromatic heterocycles. The van der Waals surface area contributed by atoms with E-state index in [0.717, 1.165) is 12.0 Å². The van der Waals surface area contributed by atoms with Gasteiger partial charge in [-0.25, -0.2) is 22.5 Å². The van der Waals surface area contributed by atoms with Gasteiger partial charge in [0.05, 0.1) is 28.5 Å². The van der Waals surface area contributed by atoms with E-state index in [1.807, 2.05) is 13.0 Å². The maximum absolute atomic E-state index is 13.5. The van der Waals surface area contributed by atoms with Crippen LogP contribution < -0.4 is 4.72 Å². The SMILES string of the molecule is Cc1ccc(C)c(S(=O)(=O)NCC(=O)N2CCCC2c2nc3ccc(F)cc3[nH]2)c1. The van der Waals surface area contributed by atoms with Crippen molar-refractivity contribution in [3.63, 3.8) is 0 Å². The van der Waals surface area contributed by atoms with E-state index < -0.39 is 10.0 Å². The van der Waals surface area contributed by atoms with Crippen LogP contribution in [-0.4, -0.2) is 42.3 Å². The van der Waals surface area contributed by atoms with Gasteiger partial charge in [-0.05, 0) is 62.1 Å². The van der Waals surface area contributed by atoms with Gasteiger partial charge in [-0.1, -0.05) is 12.1 Å². The van der Waals surface area contributed by atoms with Gasteiger partial charge in [-0.3, -0.25) is 4.79 Å². The monoisotopic (exact) mass is 430 g/mol. The van der Waals surface area contributed by atoms with Gasteiger partial charge in [0.2, 0.25) is 15.9 Å². The first kappa shape index (κ1) is 20.5. The zero-order valence-electron chi connectivity index (χ0n) is 16.8. The number of carbonyl (C=O) groups excluding carboxylic acids is 1. The topological polar surface area (TPSA) is 95.2 Å². The summed E-state index contributed by atoms with van der Waals surface area (Å²) < 4.78 is 41.3. The van der Waals surface area contributed by atoms with E-state index in [9.17, 15) is 17.6 Å². The molecule has 1 unspecified atom stereocenters. The molecule has 158 valence electrons.